The summed E-state index contributed by atoms with van der Waals surface area (Å²) in [7, 11) is 0. The van der Waals surface area contributed by atoms with Crippen LogP contribution in [-0.2, 0) is 4.79 Å². The highest BCUT2D eigenvalue weighted by atomic mass is 16.3. The van der Waals surface area contributed by atoms with Gasteiger partial charge in [-0.1, -0.05) is 0 Å². The Bertz CT molecular complexity index is 97.6. The Morgan fingerprint density at radius 1 is 1.75 bits per heavy atom. The standard InChI is InChI=1S/C3H3NO.CH2O2/c1-2-5-3-4-1;2-1-3/h1-3H;1H,(H,2,3). The first kappa shape index (κ1) is 6.68. The smallest absolute Gasteiger partial charge is 0.290 e. The van der Waals surface area contributed by atoms with Crippen molar-refractivity contribution in [2.45, 2.75) is 0 Å². The fraction of sp³-hybridized carbons (Fsp3) is 0. The van der Waals surface area contributed by atoms with E-state index in [-0.39, 0.29) is 6.47 Å². The molecule has 0 saturated heterocycles. The Morgan fingerprint density at radius 2 is 2.38 bits per heavy atom. The van der Waals surface area contributed by atoms with Crippen LogP contribution in [0.5, 0.6) is 0 Å². The molecule has 1 heterocycles. The third-order valence-corrected chi connectivity index (χ3v) is 0.347. The average Bonchev–Trinajstić information content (AvgIpc) is 2.17. The molecule has 0 aliphatic rings. The molecule has 8 heavy (non-hydrogen) atoms. The van der Waals surface area contributed by atoms with E-state index in [1.165, 1.54) is 12.7 Å². The van der Waals surface area contributed by atoms with Crippen LogP contribution in [0.25, 0.3) is 0 Å². The van der Waals surface area contributed by atoms with Gasteiger partial charge in [0.05, 0.1) is 6.20 Å². The molecule has 0 amide bonds. The lowest BCUT2D eigenvalue weighted by Gasteiger charge is -1.47. The molecular weight excluding hydrogens is 110 g/mol. The maximum Gasteiger partial charge on any atom is 0.290 e. The zero-order chi connectivity index (χ0) is 6.24. The van der Waals surface area contributed by atoms with Crippen molar-refractivity contribution in [2.75, 3.05) is 0 Å². The molecule has 0 radical (unpaired) electrons. The second-order valence-electron chi connectivity index (χ2n) is 0.781. The first-order valence-corrected chi connectivity index (χ1v) is 1.82. The van der Waals surface area contributed by atoms with Crippen molar-refractivity contribution >= 4 is 6.47 Å². The van der Waals surface area contributed by atoms with Gasteiger partial charge in [0.2, 0.25) is 0 Å². The van der Waals surface area contributed by atoms with Crippen LogP contribution in [0.1, 0.15) is 0 Å². The number of rotatable bonds is 0. The predicted molar refractivity (Wildman–Crippen MR) is 25.2 cm³/mol. The first-order chi connectivity index (χ1) is 3.91. The molecule has 0 spiro atoms. The molecule has 0 bridgehead atoms. The zero-order valence-corrected chi connectivity index (χ0v) is 4.02. The quantitative estimate of drug-likeness (QED) is 0.496. The summed E-state index contributed by atoms with van der Waals surface area (Å²) in [5.74, 6) is 0. The normalized spacial score (nSPS) is 6.50. The van der Waals surface area contributed by atoms with E-state index in [1.807, 2.05) is 0 Å². The van der Waals surface area contributed by atoms with E-state index in [9.17, 15) is 0 Å². The van der Waals surface area contributed by atoms with Crippen molar-refractivity contribution in [3.63, 3.8) is 0 Å². The molecule has 1 rings (SSSR count). The van der Waals surface area contributed by atoms with Crippen LogP contribution in [0, 0.1) is 0 Å². The van der Waals surface area contributed by atoms with Gasteiger partial charge in [0, 0.05) is 0 Å². The van der Waals surface area contributed by atoms with Crippen molar-refractivity contribution in [1.82, 2.24) is 4.98 Å². The fourth-order valence-electron chi connectivity index (χ4n) is 0.176. The molecule has 0 saturated carbocycles. The van der Waals surface area contributed by atoms with E-state index in [2.05, 4.69) is 9.40 Å². The van der Waals surface area contributed by atoms with Gasteiger partial charge in [-0.25, -0.2) is 4.98 Å². The van der Waals surface area contributed by atoms with Gasteiger partial charge in [-0.05, 0) is 0 Å². The second-order valence-corrected chi connectivity index (χ2v) is 0.781. The Balaban J connectivity index is 0.000000145. The van der Waals surface area contributed by atoms with Crippen LogP contribution in [0.2, 0.25) is 0 Å². The van der Waals surface area contributed by atoms with E-state index >= 15 is 0 Å². The van der Waals surface area contributed by atoms with Gasteiger partial charge in [0.25, 0.3) is 6.47 Å². The summed E-state index contributed by atoms with van der Waals surface area (Å²) in [6.45, 7) is -0.250. The van der Waals surface area contributed by atoms with Crippen LogP contribution < -0.4 is 0 Å². The first-order valence-electron chi connectivity index (χ1n) is 1.82. The Labute approximate surface area is 45.8 Å². The minimum absolute atomic E-state index is 0.250. The van der Waals surface area contributed by atoms with Gasteiger partial charge >= 0.3 is 0 Å². The Morgan fingerprint density at radius 3 is 2.50 bits per heavy atom. The number of aromatic nitrogens is 1. The average molecular weight is 115 g/mol. The number of nitrogens with zero attached hydrogens (tertiary/aromatic N) is 1. The summed E-state index contributed by atoms with van der Waals surface area (Å²) >= 11 is 0. The molecule has 4 nitrogen and oxygen atoms in total. The van der Waals surface area contributed by atoms with Crippen molar-refractivity contribution in [3.05, 3.63) is 18.9 Å². The number of hydrogen-bond acceptors (Lipinski definition) is 3. The highest BCUT2D eigenvalue weighted by Crippen LogP contribution is 1.72. The molecule has 4 heteroatoms. The van der Waals surface area contributed by atoms with Gasteiger partial charge in [0.15, 0.2) is 6.39 Å². The maximum atomic E-state index is 8.36. The van der Waals surface area contributed by atoms with Crippen LogP contribution in [0.15, 0.2) is 23.3 Å². The Hall–Kier alpha value is -1.32. The highest BCUT2D eigenvalue weighted by molar-refractivity contribution is 5.32. The summed E-state index contributed by atoms with van der Waals surface area (Å²) in [6, 6.07) is 0. The molecule has 0 aliphatic heterocycles. The van der Waals surface area contributed by atoms with Crippen molar-refractivity contribution < 1.29 is 14.3 Å². The molecule has 0 aliphatic carbocycles. The van der Waals surface area contributed by atoms with Crippen LogP contribution in [-0.4, -0.2) is 16.6 Å². The van der Waals surface area contributed by atoms with Gasteiger partial charge in [-0.2, -0.15) is 0 Å². The van der Waals surface area contributed by atoms with E-state index < -0.39 is 0 Å². The predicted octanol–water partition coefficient (Wildman–Crippen LogP) is 0.375. The van der Waals surface area contributed by atoms with Crippen LogP contribution >= 0.6 is 0 Å². The summed E-state index contributed by atoms with van der Waals surface area (Å²) in [5.41, 5.74) is 0. The fourth-order valence-corrected chi connectivity index (χ4v) is 0.176. The molecule has 0 fully saturated rings. The van der Waals surface area contributed by atoms with Gasteiger partial charge < -0.3 is 9.52 Å². The number of hydrogen-bond donors (Lipinski definition) is 1. The third kappa shape index (κ3) is 4.68. The van der Waals surface area contributed by atoms with Crippen molar-refractivity contribution in [1.29, 1.82) is 0 Å². The zero-order valence-electron chi connectivity index (χ0n) is 4.02. The van der Waals surface area contributed by atoms with E-state index in [0.29, 0.717) is 0 Å². The highest BCUT2D eigenvalue weighted by Gasteiger charge is 1.59. The van der Waals surface area contributed by atoms with E-state index in [0.717, 1.165) is 0 Å². The third-order valence-electron chi connectivity index (χ3n) is 0.347. The van der Waals surface area contributed by atoms with Gasteiger partial charge in [0.1, 0.15) is 6.26 Å². The topological polar surface area (TPSA) is 63.3 Å². The van der Waals surface area contributed by atoms with Gasteiger partial charge in [-0.3, -0.25) is 4.79 Å². The molecule has 0 atom stereocenters. The SMILES string of the molecule is O=CO.c1cocn1. The van der Waals surface area contributed by atoms with Crippen LogP contribution in [0.3, 0.4) is 0 Å². The second kappa shape index (κ2) is 5.68. The van der Waals surface area contributed by atoms with E-state index in [4.69, 9.17) is 9.90 Å². The summed E-state index contributed by atoms with van der Waals surface area (Å²) in [6.07, 6.45) is 4.47. The molecule has 1 N–H and O–H groups in total. The lowest BCUT2D eigenvalue weighted by molar-refractivity contribution is -0.122. The summed E-state index contributed by atoms with van der Waals surface area (Å²) < 4.78 is 4.47. The summed E-state index contributed by atoms with van der Waals surface area (Å²) in [5, 5.41) is 6.89. The molecule has 44 valence electrons. The van der Waals surface area contributed by atoms with Crippen LogP contribution in [0.4, 0.5) is 0 Å². The minimum Gasteiger partial charge on any atom is -0.483 e. The summed E-state index contributed by atoms with van der Waals surface area (Å²) in [4.78, 5) is 11.9. The van der Waals surface area contributed by atoms with E-state index in [1.54, 1.807) is 6.20 Å². The molecule has 1 aromatic heterocycles. The van der Waals surface area contributed by atoms with Gasteiger partial charge in [-0.15, -0.1) is 0 Å². The monoisotopic (exact) mass is 115 g/mol. The molecule has 1 aromatic rings. The lowest BCUT2D eigenvalue weighted by Crippen LogP contribution is -1.49. The van der Waals surface area contributed by atoms with Crippen molar-refractivity contribution in [3.8, 4) is 0 Å². The number of oxazole rings is 1. The minimum atomic E-state index is -0.250. The largest absolute Gasteiger partial charge is 0.483 e. The molecule has 0 aromatic carbocycles. The number of carboxylic acid groups (broad SMARTS) is 1. The number of carbonyl (C=O) groups is 1. The van der Waals surface area contributed by atoms with Crippen molar-refractivity contribution in [2.24, 2.45) is 0 Å². The Kier molecular flexibility index (Phi) is 4.74. The lowest BCUT2D eigenvalue weighted by atomic mass is 11.0. The molecular formula is C4H5NO3. The maximum absolute atomic E-state index is 8.36. The molecule has 0 unspecified atom stereocenters.